The molecule has 24 heavy (non-hydrogen) atoms. The SMILES string of the molecule is CC(=O)SCc1ccc(OCCCCCCN)cc1CSC(C)=O. The standard InChI is InChI=1S/C18H27NO3S2/c1-14(20)23-12-16-7-8-18(11-17(16)13-24-15(2)21)22-10-6-4-3-5-9-19/h7-8,11H,3-6,9-10,12-13,19H2,1-2H3. The van der Waals surface area contributed by atoms with E-state index in [2.05, 4.69) is 0 Å². The number of carbonyl (C=O) groups is 2. The topological polar surface area (TPSA) is 69.4 Å². The van der Waals surface area contributed by atoms with E-state index in [-0.39, 0.29) is 10.2 Å². The van der Waals surface area contributed by atoms with Crippen molar-refractivity contribution in [2.75, 3.05) is 13.2 Å². The Bertz CT molecular complexity index is 535. The first kappa shape index (κ1) is 21.1. The first-order valence-electron chi connectivity index (χ1n) is 8.24. The van der Waals surface area contributed by atoms with Gasteiger partial charge in [-0.3, -0.25) is 9.59 Å². The van der Waals surface area contributed by atoms with Gasteiger partial charge >= 0.3 is 0 Å². The Morgan fingerprint density at radius 2 is 1.58 bits per heavy atom. The van der Waals surface area contributed by atoms with Crippen molar-refractivity contribution in [1.82, 2.24) is 0 Å². The maximum atomic E-state index is 11.2. The molecule has 0 bridgehead atoms. The van der Waals surface area contributed by atoms with Gasteiger partial charge in [-0.15, -0.1) is 0 Å². The van der Waals surface area contributed by atoms with Crippen LogP contribution in [0, 0.1) is 0 Å². The van der Waals surface area contributed by atoms with Gasteiger partial charge in [0.1, 0.15) is 5.75 Å². The molecule has 1 aromatic rings. The van der Waals surface area contributed by atoms with Crippen LogP contribution in [-0.2, 0) is 21.1 Å². The van der Waals surface area contributed by atoms with Gasteiger partial charge in [0.15, 0.2) is 10.2 Å². The van der Waals surface area contributed by atoms with Gasteiger partial charge in [-0.05, 0) is 42.6 Å². The van der Waals surface area contributed by atoms with Crippen LogP contribution in [0.15, 0.2) is 18.2 Å². The number of benzene rings is 1. The van der Waals surface area contributed by atoms with Crippen LogP contribution in [0.3, 0.4) is 0 Å². The molecule has 0 radical (unpaired) electrons. The van der Waals surface area contributed by atoms with Crippen molar-refractivity contribution in [2.45, 2.75) is 51.0 Å². The van der Waals surface area contributed by atoms with Crippen LogP contribution in [0.4, 0.5) is 0 Å². The van der Waals surface area contributed by atoms with Crippen LogP contribution >= 0.6 is 23.5 Å². The largest absolute Gasteiger partial charge is 0.494 e. The molecule has 0 fully saturated rings. The number of carbonyl (C=O) groups excluding carboxylic acids is 2. The van der Waals surface area contributed by atoms with Crippen LogP contribution in [0.2, 0.25) is 0 Å². The monoisotopic (exact) mass is 369 g/mol. The summed E-state index contributed by atoms with van der Waals surface area (Å²) in [7, 11) is 0. The quantitative estimate of drug-likeness (QED) is 0.591. The first-order chi connectivity index (χ1) is 11.5. The van der Waals surface area contributed by atoms with Gasteiger partial charge < -0.3 is 10.5 Å². The lowest BCUT2D eigenvalue weighted by Gasteiger charge is -2.12. The number of nitrogens with two attached hydrogens (primary N) is 1. The summed E-state index contributed by atoms with van der Waals surface area (Å²) < 4.78 is 5.82. The van der Waals surface area contributed by atoms with E-state index in [9.17, 15) is 9.59 Å². The summed E-state index contributed by atoms with van der Waals surface area (Å²) in [5.74, 6) is 2.06. The molecule has 0 aromatic heterocycles. The zero-order chi connectivity index (χ0) is 17.8. The lowest BCUT2D eigenvalue weighted by Crippen LogP contribution is -2.01. The van der Waals surface area contributed by atoms with Crippen LogP contribution in [0.25, 0.3) is 0 Å². The smallest absolute Gasteiger partial charge is 0.186 e. The number of thioether (sulfide) groups is 2. The van der Waals surface area contributed by atoms with E-state index in [1.54, 1.807) is 13.8 Å². The second-order valence-corrected chi connectivity index (χ2v) is 7.85. The van der Waals surface area contributed by atoms with Crippen LogP contribution in [0.1, 0.15) is 50.7 Å². The van der Waals surface area contributed by atoms with E-state index in [1.165, 1.54) is 23.5 Å². The van der Waals surface area contributed by atoms with Crippen molar-refractivity contribution in [3.63, 3.8) is 0 Å². The average Bonchev–Trinajstić information content (AvgIpc) is 2.54. The fourth-order valence-electron chi connectivity index (χ4n) is 2.12. The van der Waals surface area contributed by atoms with Gasteiger partial charge in [0.2, 0.25) is 0 Å². The lowest BCUT2D eigenvalue weighted by molar-refractivity contribution is -0.109. The van der Waals surface area contributed by atoms with Crippen LogP contribution in [-0.4, -0.2) is 23.4 Å². The molecule has 0 aliphatic rings. The predicted molar refractivity (Wildman–Crippen MR) is 103 cm³/mol. The van der Waals surface area contributed by atoms with E-state index in [0.717, 1.165) is 49.1 Å². The van der Waals surface area contributed by atoms with Crippen molar-refractivity contribution in [1.29, 1.82) is 0 Å². The minimum Gasteiger partial charge on any atom is -0.494 e. The molecule has 4 nitrogen and oxygen atoms in total. The summed E-state index contributed by atoms with van der Waals surface area (Å²) in [6.07, 6.45) is 4.34. The molecule has 0 saturated heterocycles. The van der Waals surface area contributed by atoms with E-state index >= 15 is 0 Å². The molecule has 0 unspecified atom stereocenters. The Kier molecular flexibility index (Phi) is 10.9. The minimum absolute atomic E-state index is 0.0893. The Morgan fingerprint density at radius 1 is 0.958 bits per heavy atom. The third kappa shape index (κ3) is 9.35. The number of hydrogen-bond acceptors (Lipinski definition) is 6. The first-order valence-corrected chi connectivity index (χ1v) is 10.2. The Morgan fingerprint density at radius 3 is 2.21 bits per heavy atom. The maximum absolute atomic E-state index is 11.2. The molecule has 0 spiro atoms. The fourth-order valence-corrected chi connectivity index (χ4v) is 3.38. The number of ether oxygens (including phenoxy) is 1. The molecule has 134 valence electrons. The van der Waals surface area contributed by atoms with Gasteiger partial charge in [-0.1, -0.05) is 42.4 Å². The molecular weight excluding hydrogens is 342 g/mol. The zero-order valence-corrected chi connectivity index (χ0v) is 16.1. The molecule has 0 aliphatic heterocycles. The summed E-state index contributed by atoms with van der Waals surface area (Å²) in [5, 5.41) is 0.185. The molecule has 2 N–H and O–H groups in total. The summed E-state index contributed by atoms with van der Waals surface area (Å²) in [6.45, 7) is 4.57. The normalized spacial score (nSPS) is 10.6. The Balaban J connectivity index is 2.60. The van der Waals surface area contributed by atoms with Crippen molar-refractivity contribution in [2.24, 2.45) is 5.73 Å². The van der Waals surface area contributed by atoms with Crippen LogP contribution < -0.4 is 10.5 Å². The van der Waals surface area contributed by atoms with Crippen LogP contribution in [0.5, 0.6) is 5.75 Å². The van der Waals surface area contributed by atoms with Crippen molar-refractivity contribution < 1.29 is 14.3 Å². The molecular formula is C18H27NO3S2. The lowest BCUT2D eigenvalue weighted by atomic mass is 10.1. The molecule has 1 aromatic carbocycles. The average molecular weight is 370 g/mol. The van der Waals surface area contributed by atoms with Crippen molar-refractivity contribution in [3.05, 3.63) is 29.3 Å². The molecule has 1 rings (SSSR count). The van der Waals surface area contributed by atoms with E-state index in [1.807, 2.05) is 18.2 Å². The second kappa shape index (κ2) is 12.4. The molecule has 0 amide bonds. The molecule has 0 heterocycles. The summed E-state index contributed by atoms with van der Waals surface area (Å²) in [5.41, 5.74) is 7.62. The highest BCUT2D eigenvalue weighted by atomic mass is 32.2. The zero-order valence-electron chi connectivity index (χ0n) is 14.5. The van der Waals surface area contributed by atoms with Gasteiger partial charge in [0, 0.05) is 25.4 Å². The molecule has 0 saturated carbocycles. The highest BCUT2D eigenvalue weighted by molar-refractivity contribution is 8.13. The summed E-state index contributed by atoms with van der Waals surface area (Å²) in [4.78, 5) is 22.4. The number of unbranched alkanes of at least 4 members (excludes halogenated alkanes) is 3. The second-order valence-electron chi connectivity index (χ2n) is 5.54. The van der Waals surface area contributed by atoms with E-state index < -0.39 is 0 Å². The third-order valence-electron chi connectivity index (χ3n) is 3.41. The highest BCUT2D eigenvalue weighted by Gasteiger charge is 2.08. The third-order valence-corrected chi connectivity index (χ3v) is 5.13. The minimum atomic E-state index is 0.0893. The van der Waals surface area contributed by atoms with Crippen molar-refractivity contribution >= 4 is 33.8 Å². The summed E-state index contributed by atoms with van der Waals surface area (Å²) >= 11 is 2.56. The van der Waals surface area contributed by atoms with Gasteiger partial charge in [-0.25, -0.2) is 0 Å². The van der Waals surface area contributed by atoms with E-state index in [4.69, 9.17) is 10.5 Å². The maximum Gasteiger partial charge on any atom is 0.186 e. The molecule has 0 aliphatic carbocycles. The highest BCUT2D eigenvalue weighted by Crippen LogP contribution is 2.26. The fraction of sp³-hybridized carbons (Fsp3) is 0.556. The van der Waals surface area contributed by atoms with Gasteiger partial charge in [0.05, 0.1) is 6.61 Å². The molecule has 0 atom stereocenters. The van der Waals surface area contributed by atoms with E-state index in [0.29, 0.717) is 18.1 Å². The Hall–Kier alpha value is -0.980. The predicted octanol–water partition coefficient (Wildman–Crippen LogP) is 4.14. The van der Waals surface area contributed by atoms with Crippen molar-refractivity contribution in [3.8, 4) is 5.75 Å². The number of hydrogen-bond donors (Lipinski definition) is 1. The van der Waals surface area contributed by atoms with Gasteiger partial charge in [-0.2, -0.15) is 0 Å². The molecule has 6 heteroatoms. The number of rotatable bonds is 11. The Labute approximate surface area is 153 Å². The summed E-state index contributed by atoms with van der Waals surface area (Å²) in [6, 6.07) is 5.93. The van der Waals surface area contributed by atoms with Gasteiger partial charge in [0.25, 0.3) is 0 Å².